The van der Waals surface area contributed by atoms with E-state index in [4.69, 9.17) is 4.74 Å². The summed E-state index contributed by atoms with van der Waals surface area (Å²) in [6, 6.07) is 13.7. The van der Waals surface area contributed by atoms with Gasteiger partial charge >= 0.3 is 0 Å². The average Bonchev–Trinajstić information content (AvgIpc) is 2.86. The van der Waals surface area contributed by atoms with Gasteiger partial charge in [0.05, 0.1) is 12.0 Å². The second-order valence-electron chi connectivity index (χ2n) is 5.19. The van der Waals surface area contributed by atoms with E-state index < -0.39 is 0 Å². The van der Waals surface area contributed by atoms with Crippen LogP contribution in [-0.4, -0.2) is 13.0 Å². The number of anilines is 1. The summed E-state index contributed by atoms with van der Waals surface area (Å²) in [4.78, 5) is 13.3. The van der Waals surface area contributed by atoms with E-state index in [2.05, 4.69) is 5.32 Å². The van der Waals surface area contributed by atoms with Gasteiger partial charge in [-0.05, 0) is 54.6 Å². The van der Waals surface area contributed by atoms with Gasteiger partial charge in [-0.1, -0.05) is 18.2 Å². The van der Waals surface area contributed by atoms with Crippen LogP contribution in [0.3, 0.4) is 0 Å². The predicted octanol–water partition coefficient (Wildman–Crippen LogP) is 4.78. The van der Waals surface area contributed by atoms with Gasteiger partial charge in [-0.2, -0.15) is 0 Å². The van der Waals surface area contributed by atoms with Crippen LogP contribution in [0.15, 0.2) is 42.5 Å². The molecule has 1 N–H and O–H groups in total. The largest absolute Gasteiger partial charge is 0.497 e. The normalized spacial score (nSPS) is 10.7. The second-order valence-corrected chi connectivity index (χ2v) is 6.24. The molecular formula is C18H17NO2S. The molecule has 1 heterocycles. The fraction of sp³-hybridized carbons (Fsp3) is 0.167. The number of ether oxygens (including phenoxy) is 1. The van der Waals surface area contributed by atoms with Gasteiger partial charge in [0, 0.05) is 10.4 Å². The van der Waals surface area contributed by atoms with Crippen LogP contribution in [0, 0.1) is 13.8 Å². The zero-order chi connectivity index (χ0) is 15.7. The Kier molecular flexibility index (Phi) is 3.86. The standard InChI is InChI=1S/C18H17NO2S/c1-11-6-4-5-7-15(11)19-18(20)17-12(2)14-10-13(21-3)8-9-16(14)22-17/h4-10H,1-3H3,(H,19,20). The number of fused-ring (bicyclic) bond motifs is 1. The SMILES string of the molecule is COc1ccc2sc(C(=O)Nc3ccccc3C)c(C)c2c1. The highest BCUT2D eigenvalue weighted by molar-refractivity contribution is 7.21. The molecule has 0 fully saturated rings. The van der Waals surface area contributed by atoms with Crippen molar-refractivity contribution >= 4 is 33.0 Å². The molecule has 0 spiro atoms. The van der Waals surface area contributed by atoms with Crippen LogP contribution in [0.2, 0.25) is 0 Å². The number of amides is 1. The minimum absolute atomic E-state index is 0.0630. The molecule has 0 saturated heterocycles. The molecule has 0 saturated carbocycles. The lowest BCUT2D eigenvalue weighted by Gasteiger charge is -2.07. The maximum Gasteiger partial charge on any atom is 0.266 e. The number of methoxy groups -OCH3 is 1. The highest BCUT2D eigenvalue weighted by Gasteiger charge is 2.16. The molecule has 0 radical (unpaired) electrons. The molecule has 1 amide bonds. The maximum atomic E-state index is 12.6. The van der Waals surface area contributed by atoms with Crippen LogP contribution in [0.4, 0.5) is 5.69 Å². The molecular weight excluding hydrogens is 294 g/mol. The zero-order valence-corrected chi connectivity index (χ0v) is 13.6. The smallest absolute Gasteiger partial charge is 0.266 e. The summed E-state index contributed by atoms with van der Waals surface area (Å²) in [5.74, 6) is 0.742. The molecule has 0 aliphatic heterocycles. The van der Waals surface area contributed by atoms with Crippen LogP contribution < -0.4 is 10.1 Å². The van der Waals surface area contributed by atoms with E-state index in [1.807, 2.05) is 56.3 Å². The predicted molar refractivity (Wildman–Crippen MR) is 92.2 cm³/mol. The number of carbonyl (C=O) groups excluding carboxylic acids is 1. The molecule has 4 heteroatoms. The summed E-state index contributed by atoms with van der Waals surface area (Å²) in [6.07, 6.45) is 0. The van der Waals surface area contributed by atoms with E-state index in [0.29, 0.717) is 0 Å². The molecule has 3 rings (SSSR count). The first-order valence-corrected chi connectivity index (χ1v) is 7.86. The second kappa shape index (κ2) is 5.81. The Hall–Kier alpha value is -2.33. The topological polar surface area (TPSA) is 38.3 Å². The van der Waals surface area contributed by atoms with Crippen molar-refractivity contribution in [2.24, 2.45) is 0 Å². The lowest BCUT2D eigenvalue weighted by atomic mass is 10.1. The average molecular weight is 311 g/mol. The van der Waals surface area contributed by atoms with Crippen LogP contribution in [0.5, 0.6) is 5.75 Å². The molecule has 1 aromatic heterocycles. The number of para-hydroxylation sites is 1. The van der Waals surface area contributed by atoms with Gasteiger partial charge in [-0.3, -0.25) is 4.79 Å². The number of benzene rings is 2. The van der Waals surface area contributed by atoms with Crippen molar-refractivity contribution in [2.75, 3.05) is 12.4 Å². The number of aryl methyl sites for hydroxylation is 2. The van der Waals surface area contributed by atoms with Gasteiger partial charge in [0.15, 0.2) is 0 Å². The van der Waals surface area contributed by atoms with Crippen molar-refractivity contribution in [2.45, 2.75) is 13.8 Å². The van der Waals surface area contributed by atoms with Crippen molar-refractivity contribution in [1.29, 1.82) is 0 Å². The maximum absolute atomic E-state index is 12.6. The molecule has 0 aliphatic rings. The zero-order valence-electron chi connectivity index (χ0n) is 12.8. The Balaban J connectivity index is 1.97. The summed E-state index contributed by atoms with van der Waals surface area (Å²) in [5.41, 5.74) is 2.89. The molecule has 0 bridgehead atoms. The fourth-order valence-electron chi connectivity index (χ4n) is 2.44. The highest BCUT2D eigenvalue weighted by atomic mass is 32.1. The van der Waals surface area contributed by atoms with Crippen LogP contribution in [-0.2, 0) is 0 Å². The van der Waals surface area contributed by atoms with Crippen molar-refractivity contribution in [1.82, 2.24) is 0 Å². The first-order chi connectivity index (χ1) is 10.6. The Labute approximate surface area is 133 Å². The lowest BCUT2D eigenvalue weighted by molar-refractivity contribution is 0.103. The van der Waals surface area contributed by atoms with Crippen molar-refractivity contribution in [3.8, 4) is 5.75 Å². The molecule has 112 valence electrons. The van der Waals surface area contributed by atoms with Crippen molar-refractivity contribution in [3.63, 3.8) is 0 Å². The molecule has 0 unspecified atom stereocenters. The van der Waals surface area contributed by atoms with E-state index in [1.165, 1.54) is 11.3 Å². The van der Waals surface area contributed by atoms with Gasteiger partial charge in [0.1, 0.15) is 5.75 Å². The fourth-order valence-corrected chi connectivity index (χ4v) is 3.52. The number of rotatable bonds is 3. The Bertz CT molecular complexity index is 851. The Morgan fingerprint density at radius 1 is 1.14 bits per heavy atom. The minimum atomic E-state index is -0.0630. The molecule has 0 atom stereocenters. The van der Waals surface area contributed by atoms with E-state index in [-0.39, 0.29) is 5.91 Å². The number of nitrogens with one attached hydrogen (secondary N) is 1. The molecule has 0 aliphatic carbocycles. The first-order valence-electron chi connectivity index (χ1n) is 7.04. The van der Waals surface area contributed by atoms with E-state index in [1.54, 1.807) is 7.11 Å². The first kappa shape index (κ1) is 14.6. The number of thiophene rings is 1. The van der Waals surface area contributed by atoms with Gasteiger partial charge in [-0.15, -0.1) is 11.3 Å². The summed E-state index contributed by atoms with van der Waals surface area (Å²) >= 11 is 1.51. The van der Waals surface area contributed by atoms with E-state index in [9.17, 15) is 4.79 Å². The Morgan fingerprint density at radius 3 is 2.64 bits per heavy atom. The van der Waals surface area contributed by atoms with Gasteiger partial charge in [0.25, 0.3) is 5.91 Å². The van der Waals surface area contributed by atoms with Gasteiger partial charge in [0.2, 0.25) is 0 Å². The highest BCUT2D eigenvalue weighted by Crippen LogP contribution is 2.33. The Morgan fingerprint density at radius 2 is 1.91 bits per heavy atom. The van der Waals surface area contributed by atoms with Crippen molar-refractivity contribution < 1.29 is 9.53 Å². The lowest BCUT2D eigenvalue weighted by Crippen LogP contribution is -2.12. The summed E-state index contributed by atoms with van der Waals surface area (Å²) in [6.45, 7) is 3.96. The van der Waals surface area contributed by atoms with Crippen LogP contribution in [0.1, 0.15) is 20.8 Å². The molecule has 3 nitrogen and oxygen atoms in total. The third-order valence-corrected chi connectivity index (χ3v) is 5.01. The molecule has 2 aromatic carbocycles. The van der Waals surface area contributed by atoms with Gasteiger partial charge < -0.3 is 10.1 Å². The third kappa shape index (κ3) is 2.57. The summed E-state index contributed by atoms with van der Waals surface area (Å²) < 4.78 is 6.35. The third-order valence-electron chi connectivity index (χ3n) is 3.74. The number of hydrogen-bond donors (Lipinski definition) is 1. The summed E-state index contributed by atoms with van der Waals surface area (Å²) in [5, 5.41) is 4.07. The number of carbonyl (C=O) groups is 1. The monoisotopic (exact) mass is 311 g/mol. The van der Waals surface area contributed by atoms with E-state index in [0.717, 1.165) is 37.5 Å². The van der Waals surface area contributed by atoms with E-state index >= 15 is 0 Å². The van der Waals surface area contributed by atoms with Crippen LogP contribution in [0.25, 0.3) is 10.1 Å². The number of hydrogen-bond acceptors (Lipinski definition) is 3. The molecule has 22 heavy (non-hydrogen) atoms. The van der Waals surface area contributed by atoms with Crippen molar-refractivity contribution in [3.05, 3.63) is 58.5 Å². The minimum Gasteiger partial charge on any atom is -0.497 e. The summed E-state index contributed by atoms with van der Waals surface area (Å²) in [7, 11) is 1.65. The molecule has 3 aromatic rings. The van der Waals surface area contributed by atoms with Crippen LogP contribution >= 0.6 is 11.3 Å². The quantitative estimate of drug-likeness (QED) is 0.756. The van der Waals surface area contributed by atoms with Gasteiger partial charge in [-0.25, -0.2) is 0 Å².